The number of allylic oxidation sites excluding steroid dienone is 6. The van der Waals surface area contributed by atoms with E-state index in [9.17, 15) is 14.4 Å². The van der Waals surface area contributed by atoms with E-state index in [1.54, 1.807) is 6.08 Å². The molecule has 3 nitrogen and oxygen atoms in total. The molecule has 2 atom stereocenters. The standard InChI is InChI=1S/C20H22O3/c1-11-9-13-14(10-12(11)2)19(23)17-16(18(13)22)15(21)5-8-20(17)6-3-4-7-20/h5,8,13-14H,3-4,6-7,9-10H2,1-2H3. The lowest BCUT2D eigenvalue weighted by molar-refractivity contribution is -0.133. The highest BCUT2D eigenvalue weighted by Crippen LogP contribution is 2.53. The molecule has 0 amide bonds. The van der Waals surface area contributed by atoms with Gasteiger partial charge in [0.2, 0.25) is 0 Å². The van der Waals surface area contributed by atoms with Crippen molar-refractivity contribution in [3.05, 3.63) is 34.4 Å². The summed E-state index contributed by atoms with van der Waals surface area (Å²) in [5, 5.41) is 0. The number of Topliss-reactive ketones (excluding diaryl/α,β-unsaturated/α-hetero) is 2. The molecule has 4 aliphatic rings. The Balaban J connectivity index is 1.87. The zero-order valence-corrected chi connectivity index (χ0v) is 13.8. The van der Waals surface area contributed by atoms with E-state index in [0.717, 1.165) is 25.7 Å². The molecule has 1 fully saturated rings. The number of rotatable bonds is 0. The summed E-state index contributed by atoms with van der Waals surface area (Å²) < 4.78 is 0. The van der Waals surface area contributed by atoms with E-state index in [-0.39, 0.29) is 40.2 Å². The lowest BCUT2D eigenvalue weighted by Crippen LogP contribution is -2.46. The van der Waals surface area contributed by atoms with Crippen molar-refractivity contribution in [3.8, 4) is 0 Å². The van der Waals surface area contributed by atoms with Crippen LogP contribution in [0.2, 0.25) is 0 Å². The first-order valence-electron chi connectivity index (χ1n) is 8.66. The molecule has 4 rings (SSSR count). The molecule has 3 heteroatoms. The highest BCUT2D eigenvalue weighted by atomic mass is 16.2. The zero-order valence-electron chi connectivity index (χ0n) is 13.8. The van der Waals surface area contributed by atoms with Gasteiger partial charge in [-0.3, -0.25) is 14.4 Å². The van der Waals surface area contributed by atoms with Crippen LogP contribution in [-0.2, 0) is 14.4 Å². The quantitative estimate of drug-likeness (QED) is 0.508. The van der Waals surface area contributed by atoms with E-state index in [4.69, 9.17) is 0 Å². The maximum Gasteiger partial charge on any atom is 0.189 e. The van der Waals surface area contributed by atoms with Crippen molar-refractivity contribution in [2.24, 2.45) is 17.3 Å². The highest BCUT2D eigenvalue weighted by Gasteiger charge is 2.53. The van der Waals surface area contributed by atoms with E-state index >= 15 is 0 Å². The number of carbonyl (C=O) groups excluding carboxylic acids is 3. The second-order valence-electron chi connectivity index (χ2n) is 7.72. The number of carbonyl (C=O) groups is 3. The van der Waals surface area contributed by atoms with Crippen molar-refractivity contribution in [2.75, 3.05) is 0 Å². The summed E-state index contributed by atoms with van der Waals surface area (Å²) in [4.78, 5) is 38.7. The Kier molecular flexibility index (Phi) is 3.13. The van der Waals surface area contributed by atoms with E-state index in [0.29, 0.717) is 18.4 Å². The Labute approximate surface area is 136 Å². The Morgan fingerprint density at radius 3 is 2.09 bits per heavy atom. The fourth-order valence-corrected chi connectivity index (χ4v) is 5.02. The summed E-state index contributed by atoms with van der Waals surface area (Å²) in [6.07, 6.45) is 8.66. The number of ketones is 3. The lowest BCUT2D eigenvalue weighted by Gasteiger charge is -2.42. The van der Waals surface area contributed by atoms with Crippen molar-refractivity contribution in [1.82, 2.24) is 0 Å². The van der Waals surface area contributed by atoms with Gasteiger partial charge in [-0.2, -0.15) is 0 Å². The van der Waals surface area contributed by atoms with Crippen LogP contribution in [0.4, 0.5) is 0 Å². The molecule has 0 bridgehead atoms. The van der Waals surface area contributed by atoms with Gasteiger partial charge in [-0.15, -0.1) is 0 Å². The highest BCUT2D eigenvalue weighted by molar-refractivity contribution is 6.32. The summed E-state index contributed by atoms with van der Waals surface area (Å²) in [6.45, 7) is 4.10. The summed E-state index contributed by atoms with van der Waals surface area (Å²) in [5.74, 6) is -0.813. The minimum atomic E-state index is -0.342. The molecule has 0 heterocycles. The third-order valence-electron chi connectivity index (χ3n) is 6.48. The topological polar surface area (TPSA) is 51.2 Å². The molecular formula is C20H22O3. The van der Waals surface area contributed by atoms with Crippen LogP contribution in [-0.4, -0.2) is 17.3 Å². The van der Waals surface area contributed by atoms with Crippen LogP contribution in [0.25, 0.3) is 0 Å². The van der Waals surface area contributed by atoms with Crippen molar-refractivity contribution >= 4 is 17.3 Å². The molecule has 23 heavy (non-hydrogen) atoms. The van der Waals surface area contributed by atoms with Crippen molar-refractivity contribution in [3.63, 3.8) is 0 Å². The molecule has 1 saturated carbocycles. The molecule has 0 aliphatic heterocycles. The molecule has 0 aromatic heterocycles. The third-order valence-corrected chi connectivity index (χ3v) is 6.48. The smallest absolute Gasteiger partial charge is 0.189 e. The van der Waals surface area contributed by atoms with Gasteiger partial charge >= 0.3 is 0 Å². The van der Waals surface area contributed by atoms with Crippen molar-refractivity contribution < 1.29 is 14.4 Å². The maximum absolute atomic E-state index is 13.3. The minimum absolute atomic E-state index is 0.0722. The van der Waals surface area contributed by atoms with Crippen LogP contribution in [0.3, 0.4) is 0 Å². The van der Waals surface area contributed by atoms with E-state index in [1.807, 2.05) is 13.0 Å². The molecule has 2 unspecified atom stereocenters. The Hall–Kier alpha value is -1.77. The van der Waals surface area contributed by atoms with Crippen LogP contribution in [0, 0.1) is 17.3 Å². The fraction of sp³-hybridized carbons (Fsp3) is 0.550. The van der Waals surface area contributed by atoms with E-state index < -0.39 is 0 Å². The van der Waals surface area contributed by atoms with Gasteiger partial charge < -0.3 is 0 Å². The molecule has 0 saturated heterocycles. The van der Waals surface area contributed by atoms with Crippen molar-refractivity contribution in [2.45, 2.75) is 52.4 Å². The Morgan fingerprint density at radius 1 is 0.913 bits per heavy atom. The molecule has 0 aromatic rings. The molecular weight excluding hydrogens is 288 g/mol. The van der Waals surface area contributed by atoms with Gasteiger partial charge in [-0.1, -0.05) is 30.1 Å². The number of hydrogen-bond donors (Lipinski definition) is 0. The van der Waals surface area contributed by atoms with Gasteiger partial charge in [0.1, 0.15) is 0 Å². The van der Waals surface area contributed by atoms with Gasteiger partial charge in [0, 0.05) is 22.8 Å². The molecule has 120 valence electrons. The summed E-state index contributed by atoms with van der Waals surface area (Å²) in [5.41, 5.74) is 2.89. The first-order chi connectivity index (χ1) is 10.9. The fourth-order valence-electron chi connectivity index (χ4n) is 5.02. The minimum Gasteiger partial charge on any atom is -0.294 e. The molecule has 0 radical (unpaired) electrons. The molecule has 1 spiro atoms. The summed E-state index contributed by atoms with van der Waals surface area (Å²) >= 11 is 0. The number of hydrogen-bond acceptors (Lipinski definition) is 3. The molecule has 0 N–H and O–H groups in total. The molecule has 4 aliphatic carbocycles. The van der Waals surface area contributed by atoms with Gasteiger partial charge in [-0.25, -0.2) is 0 Å². The lowest BCUT2D eigenvalue weighted by atomic mass is 9.59. The van der Waals surface area contributed by atoms with E-state index in [1.165, 1.54) is 11.1 Å². The Bertz CT molecular complexity index is 726. The maximum atomic E-state index is 13.3. The predicted octanol–water partition coefficient (Wildman–Crippen LogP) is 3.50. The second-order valence-corrected chi connectivity index (χ2v) is 7.72. The van der Waals surface area contributed by atoms with Crippen LogP contribution in [0.5, 0.6) is 0 Å². The Morgan fingerprint density at radius 2 is 1.48 bits per heavy atom. The average Bonchev–Trinajstić information content (AvgIpc) is 2.98. The number of fused-ring (bicyclic) bond motifs is 2. The third kappa shape index (κ3) is 1.92. The van der Waals surface area contributed by atoms with Crippen LogP contribution < -0.4 is 0 Å². The monoisotopic (exact) mass is 310 g/mol. The van der Waals surface area contributed by atoms with E-state index in [2.05, 4.69) is 6.92 Å². The normalized spacial score (nSPS) is 32.7. The summed E-state index contributed by atoms with van der Waals surface area (Å²) in [6, 6.07) is 0. The first-order valence-corrected chi connectivity index (χ1v) is 8.66. The van der Waals surface area contributed by atoms with Gasteiger partial charge in [-0.05, 0) is 45.6 Å². The largest absolute Gasteiger partial charge is 0.294 e. The first kappa shape index (κ1) is 14.8. The average molecular weight is 310 g/mol. The van der Waals surface area contributed by atoms with Crippen LogP contribution >= 0.6 is 0 Å². The van der Waals surface area contributed by atoms with Gasteiger partial charge in [0.25, 0.3) is 0 Å². The van der Waals surface area contributed by atoms with Gasteiger partial charge in [0.15, 0.2) is 17.3 Å². The molecule has 0 aromatic carbocycles. The van der Waals surface area contributed by atoms with Crippen LogP contribution in [0.15, 0.2) is 34.4 Å². The summed E-state index contributed by atoms with van der Waals surface area (Å²) in [7, 11) is 0. The zero-order chi connectivity index (χ0) is 16.4. The second kappa shape index (κ2) is 4.86. The van der Waals surface area contributed by atoms with Crippen LogP contribution in [0.1, 0.15) is 52.4 Å². The van der Waals surface area contributed by atoms with Crippen molar-refractivity contribution in [1.29, 1.82) is 0 Å². The van der Waals surface area contributed by atoms with Gasteiger partial charge in [0.05, 0.1) is 5.57 Å². The SMILES string of the molecule is CC1=C(C)CC2C(=O)C3=C(C(=O)C=CC34CCCC4)C(=O)C2C1. The predicted molar refractivity (Wildman–Crippen MR) is 86.7 cm³/mol.